The normalized spacial score (nSPS) is 14.6. The van der Waals surface area contributed by atoms with Crippen LogP contribution in [0, 0.1) is 12.8 Å². The molecule has 1 fully saturated rings. The Balaban J connectivity index is 0.000000501. The van der Waals surface area contributed by atoms with E-state index in [0.717, 1.165) is 18.5 Å². The van der Waals surface area contributed by atoms with E-state index in [1.165, 1.54) is 35.6 Å². The number of carboxylic acids is 2. The fourth-order valence-corrected chi connectivity index (χ4v) is 5.67. The van der Waals surface area contributed by atoms with Crippen LogP contribution in [-0.2, 0) is 27.3 Å². The molecule has 2 aromatic carbocycles. The molecule has 5 N–H and O–H groups in total. The molecule has 238 valence electrons. The number of hydrogen-bond donors (Lipinski definition) is 4. The lowest BCUT2D eigenvalue weighted by atomic mass is 9.80. The number of nitrogens with two attached hydrogens (primary N) is 1. The molecule has 4 aromatic rings. The number of nitrogens with zero attached hydrogens (tertiary/aromatic N) is 3. The van der Waals surface area contributed by atoms with Gasteiger partial charge in [0.25, 0.3) is 0 Å². The molecule has 1 saturated carbocycles. The number of carboxylic acid groups (broad SMARTS) is 2. The van der Waals surface area contributed by atoms with Crippen LogP contribution in [0.4, 0.5) is 5.69 Å². The van der Waals surface area contributed by atoms with E-state index >= 15 is 0 Å². The van der Waals surface area contributed by atoms with Crippen LogP contribution in [0.1, 0.15) is 79.8 Å². The van der Waals surface area contributed by atoms with Crippen LogP contribution < -0.4 is 16.7 Å². The highest BCUT2D eigenvalue weighted by Gasteiger charge is 2.28. The second-order valence-corrected chi connectivity index (χ2v) is 11.4. The zero-order valence-electron chi connectivity index (χ0n) is 25.4. The van der Waals surface area contributed by atoms with Gasteiger partial charge in [-0.15, -0.1) is 5.10 Å². The summed E-state index contributed by atoms with van der Waals surface area (Å²) in [7, 11) is 0. The summed E-state index contributed by atoms with van der Waals surface area (Å²) in [6, 6.07) is 13.5. The summed E-state index contributed by atoms with van der Waals surface area (Å²) in [5.41, 5.74) is 7.51. The molecule has 0 radical (unpaired) electrons. The molecule has 12 nitrogen and oxygen atoms in total. The van der Waals surface area contributed by atoms with Gasteiger partial charge in [0.1, 0.15) is 11.6 Å². The molecule has 0 aliphatic heterocycles. The second-order valence-electron chi connectivity index (χ2n) is 11.4. The Morgan fingerprint density at radius 2 is 1.78 bits per heavy atom. The minimum atomic E-state index is -1.16. The molecule has 1 aliphatic carbocycles. The molecule has 5 rings (SSSR count). The molecule has 45 heavy (non-hydrogen) atoms. The highest BCUT2D eigenvalue weighted by molar-refractivity contribution is 5.97. The smallest absolute Gasteiger partial charge is 0.340 e. The number of nitrogens with one attached hydrogen (secondary N) is 1. The molecule has 0 spiro atoms. The predicted molar refractivity (Wildman–Crippen MR) is 168 cm³/mol. The average molecular weight is 618 g/mol. The first kappa shape index (κ1) is 33.1. The van der Waals surface area contributed by atoms with Crippen molar-refractivity contribution in [3.63, 3.8) is 0 Å². The first-order valence-corrected chi connectivity index (χ1v) is 15.0. The maximum absolute atomic E-state index is 13.2. The number of aryl methyl sites for hydroxylation is 1. The molecule has 1 aliphatic rings. The molecule has 0 saturated heterocycles. The molecule has 2 aromatic heterocycles. The minimum Gasteiger partial charge on any atom is -0.481 e. The lowest BCUT2D eigenvalue weighted by Gasteiger charge is -2.26. The van der Waals surface area contributed by atoms with Gasteiger partial charge in [0.15, 0.2) is 0 Å². The van der Waals surface area contributed by atoms with Gasteiger partial charge in [0.05, 0.1) is 24.1 Å². The van der Waals surface area contributed by atoms with Gasteiger partial charge in [0, 0.05) is 35.8 Å². The van der Waals surface area contributed by atoms with E-state index in [-0.39, 0.29) is 22.8 Å². The largest absolute Gasteiger partial charge is 0.481 e. The van der Waals surface area contributed by atoms with Crippen molar-refractivity contribution in [3.8, 4) is 0 Å². The van der Waals surface area contributed by atoms with Crippen molar-refractivity contribution < 1.29 is 29.0 Å². The van der Waals surface area contributed by atoms with Crippen molar-refractivity contribution >= 4 is 34.5 Å². The van der Waals surface area contributed by atoms with E-state index in [4.69, 9.17) is 15.3 Å². The summed E-state index contributed by atoms with van der Waals surface area (Å²) in [5, 5.41) is 30.0. The number of carbonyl (C=O) groups excluding carboxylic acids is 1. The van der Waals surface area contributed by atoms with Crippen molar-refractivity contribution in [1.29, 1.82) is 0 Å². The van der Waals surface area contributed by atoms with Crippen LogP contribution in [0.15, 0.2) is 63.9 Å². The van der Waals surface area contributed by atoms with E-state index in [0.29, 0.717) is 23.4 Å². The second kappa shape index (κ2) is 15.2. The SMILES string of the molecule is Cc1c(CC(=O)O)c(=O)oc2cc(NC(=O)C(CC(=O)O)n3cc([C@H](C)C4CCCCC4)nn3)ccc12.NCc1ccccc1. The standard InChI is InChI=1S/C26H30N4O7.C7H9N/c1-14(16-6-4-3-5-7-16)20-13-30(29-28-20)21(12-24(33)34)25(35)27-17-8-9-18-15(2)19(11-23(31)32)26(36)37-22(18)10-17;8-6-7-4-2-1-3-5-7/h8-10,13-14,16,21H,3-7,11-12H2,1-2H3,(H,27,35)(H,31,32)(H,33,34);1-5H,6,8H2/t14-,21?;/m1./s1. The lowest BCUT2D eigenvalue weighted by molar-refractivity contribution is -0.140. The van der Waals surface area contributed by atoms with Crippen molar-refractivity contribution in [3.05, 3.63) is 87.5 Å². The fraction of sp³-hybridized carbons (Fsp3) is 0.394. The maximum Gasteiger partial charge on any atom is 0.340 e. The van der Waals surface area contributed by atoms with Gasteiger partial charge in [-0.05, 0) is 48.9 Å². The van der Waals surface area contributed by atoms with E-state index in [2.05, 4.69) is 22.6 Å². The van der Waals surface area contributed by atoms with Crippen LogP contribution in [-0.4, -0.2) is 43.1 Å². The monoisotopic (exact) mass is 617 g/mol. The van der Waals surface area contributed by atoms with E-state index in [1.54, 1.807) is 25.3 Å². The first-order valence-electron chi connectivity index (χ1n) is 15.0. The molecule has 1 unspecified atom stereocenters. The Morgan fingerprint density at radius 1 is 1.07 bits per heavy atom. The number of aromatic nitrogens is 3. The van der Waals surface area contributed by atoms with Gasteiger partial charge in [0.2, 0.25) is 5.91 Å². The third kappa shape index (κ3) is 8.63. The lowest BCUT2D eigenvalue weighted by Crippen LogP contribution is -2.28. The van der Waals surface area contributed by atoms with Crippen LogP contribution in [0.3, 0.4) is 0 Å². The number of hydrogen-bond acceptors (Lipinski definition) is 8. The van der Waals surface area contributed by atoms with E-state index in [9.17, 15) is 24.3 Å². The van der Waals surface area contributed by atoms with E-state index in [1.807, 2.05) is 30.3 Å². The van der Waals surface area contributed by atoms with Crippen molar-refractivity contribution in [2.75, 3.05) is 5.32 Å². The van der Waals surface area contributed by atoms with Crippen LogP contribution >= 0.6 is 0 Å². The zero-order valence-corrected chi connectivity index (χ0v) is 25.4. The first-order chi connectivity index (χ1) is 21.6. The van der Waals surface area contributed by atoms with Gasteiger partial charge < -0.3 is 25.7 Å². The number of aliphatic carboxylic acids is 2. The topological polar surface area (TPSA) is 191 Å². The molecular weight excluding hydrogens is 578 g/mol. The van der Waals surface area contributed by atoms with Gasteiger partial charge >= 0.3 is 17.6 Å². The fourth-order valence-electron chi connectivity index (χ4n) is 5.67. The van der Waals surface area contributed by atoms with Gasteiger partial charge in [-0.2, -0.15) is 0 Å². The summed E-state index contributed by atoms with van der Waals surface area (Å²) in [6.45, 7) is 4.36. The van der Waals surface area contributed by atoms with Gasteiger partial charge in [-0.1, -0.05) is 61.7 Å². The summed E-state index contributed by atoms with van der Waals surface area (Å²) < 4.78 is 6.60. The Morgan fingerprint density at radius 3 is 2.40 bits per heavy atom. The maximum atomic E-state index is 13.2. The zero-order chi connectivity index (χ0) is 32.5. The predicted octanol–water partition coefficient (Wildman–Crippen LogP) is 4.80. The molecule has 12 heteroatoms. The number of amides is 1. The Hall–Kier alpha value is -4.84. The van der Waals surface area contributed by atoms with Crippen LogP contribution in [0.25, 0.3) is 11.0 Å². The van der Waals surface area contributed by atoms with Crippen molar-refractivity contribution in [1.82, 2.24) is 15.0 Å². The molecule has 1 amide bonds. The number of rotatable bonds is 10. The molecule has 2 atom stereocenters. The summed E-state index contributed by atoms with van der Waals surface area (Å²) >= 11 is 0. The summed E-state index contributed by atoms with van der Waals surface area (Å²) in [5.74, 6) is -2.28. The number of fused-ring (bicyclic) bond motifs is 1. The minimum absolute atomic E-state index is 0.0581. The quantitative estimate of drug-likeness (QED) is 0.180. The molecule has 2 heterocycles. The Bertz CT molecular complexity index is 1690. The van der Waals surface area contributed by atoms with Gasteiger partial charge in [-0.25, -0.2) is 9.48 Å². The average Bonchev–Trinajstić information content (AvgIpc) is 3.52. The summed E-state index contributed by atoms with van der Waals surface area (Å²) in [6.07, 6.45) is 6.52. The third-order valence-electron chi connectivity index (χ3n) is 8.30. The molecule has 0 bridgehead atoms. The summed E-state index contributed by atoms with van der Waals surface area (Å²) in [4.78, 5) is 48.1. The van der Waals surface area contributed by atoms with Crippen LogP contribution in [0.5, 0.6) is 0 Å². The highest BCUT2D eigenvalue weighted by atomic mass is 16.4. The third-order valence-corrected chi connectivity index (χ3v) is 8.30. The Labute approximate surface area is 260 Å². The van der Waals surface area contributed by atoms with E-state index < -0.39 is 42.4 Å². The number of benzene rings is 2. The Kier molecular flexibility index (Phi) is 11.2. The highest BCUT2D eigenvalue weighted by Crippen LogP contribution is 2.35. The molecular formula is C33H39N5O7. The van der Waals surface area contributed by atoms with Crippen LogP contribution in [0.2, 0.25) is 0 Å². The van der Waals surface area contributed by atoms with Crippen molar-refractivity contribution in [2.24, 2.45) is 11.7 Å². The number of anilines is 1. The van der Waals surface area contributed by atoms with Crippen molar-refractivity contribution in [2.45, 2.75) is 77.3 Å². The van der Waals surface area contributed by atoms with Gasteiger partial charge in [-0.3, -0.25) is 14.4 Å². The number of carbonyl (C=O) groups is 3.